The highest BCUT2D eigenvalue weighted by molar-refractivity contribution is 8.00. The third-order valence-electron chi connectivity index (χ3n) is 5.57. The van der Waals surface area contributed by atoms with Crippen LogP contribution in [0.1, 0.15) is 17.3 Å². The van der Waals surface area contributed by atoms with Crippen LogP contribution >= 0.6 is 11.8 Å². The van der Waals surface area contributed by atoms with Gasteiger partial charge in [-0.1, -0.05) is 48.2 Å². The van der Waals surface area contributed by atoms with Crippen molar-refractivity contribution in [3.8, 4) is 17.1 Å². The molecule has 1 atom stereocenters. The Bertz CT molecular complexity index is 1510. The maximum absolute atomic E-state index is 12.9. The standard InChI is InChI=1S/C26H22N6O2S/c1-16(25(34)29-18-13-11-17(12-14-18)23(27)33)35-26-31-30-24(32(26)19-7-3-2-4-8-19)21-15-28-22-10-6-5-9-20(21)22/h2-16,28H,1H3,(H2,27,33)(H,29,34)/t16-/m1/s1. The van der Waals surface area contributed by atoms with Crippen molar-refractivity contribution < 1.29 is 9.59 Å². The second-order valence-electron chi connectivity index (χ2n) is 7.92. The van der Waals surface area contributed by atoms with Crippen LogP contribution in [-0.4, -0.2) is 36.8 Å². The van der Waals surface area contributed by atoms with Crippen LogP contribution in [0.5, 0.6) is 0 Å². The van der Waals surface area contributed by atoms with E-state index in [-0.39, 0.29) is 5.91 Å². The number of fused-ring (bicyclic) bond motifs is 1. The lowest BCUT2D eigenvalue weighted by atomic mass is 10.1. The number of carbonyl (C=O) groups is 2. The first kappa shape index (κ1) is 22.4. The van der Waals surface area contributed by atoms with Gasteiger partial charge in [0.1, 0.15) is 0 Å². The smallest absolute Gasteiger partial charge is 0.248 e. The number of thioether (sulfide) groups is 1. The largest absolute Gasteiger partial charge is 0.366 e. The van der Waals surface area contributed by atoms with Gasteiger partial charge in [-0.25, -0.2) is 0 Å². The molecule has 2 amide bonds. The van der Waals surface area contributed by atoms with E-state index in [1.807, 2.05) is 72.3 Å². The fraction of sp³-hybridized carbons (Fsp3) is 0.0769. The lowest BCUT2D eigenvalue weighted by Gasteiger charge is -2.14. The molecule has 174 valence electrons. The number of anilines is 1. The van der Waals surface area contributed by atoms with Crippen molar-refractivity contribution >= 4 is 40.2 Å². The quantitative estimate of drug-likeness (QED) is 0.292. The van der Waals surface area contributed by atoms with Crippen LogP contribution in [0.3, 0.4) is 0 Å². The molecule has 0 spiro atoms. The van der Waals surface area contributed by atoms with Crippen LogP contribution in [0, 0.1) is 0 Å². The number of rotatable bonds is 7. The highest BCUT2D eigenvalue weighted by atomic mass is 32.2. The molecule has 0 aliphatic heterocycles. The van der Waals surface area contributed by atoms with Crippen molar-refractivity contribution in [3.05, 3.63) is 90.6 Å². The Morgan fingerprint density at radius 3 is 2.43 bits per heavy atom. The van der Waals surface area contributed by atoms with E-state index in [1.54, 1.807) is 24.3 Å². The first-order chi connectivity index (χ1) is 17.0. The van der Waals surface area contributed by atoms with Crippen LogP contribution in [0.15, 0.2) is 90.2 Å². The number of benzene rings is 3. The van der Waals surface area contributed by atoms with Crippen molar-refractivity contribution in [3.63, 3.8) is 0 Å². The molecule has 0 aliphatic rings. The van der Waals surface area contributed by atoms with Crippen LogP contribution in [0.4, 0.5) is 5.69 Å². The minimum atomic E-state index is -0.516. The molecule has 0 bridgehead atoms. The van der Waals surface area contributed by atoms with E-state index in [2.05, 4.69) is 20.5 Å². The zero-order chi connectivity index (χ0) is 24.4. The second kappa shape index (κ2) is 9.47. The van der Waals surface area contributed by atoms with Gasteiger partial charge in [-0.3, -0.25) is 14.2 Å². The molecule has 9 heteroatoms. The number of nitrogens with zero attached hydrogens (tertiary/aromatic N) is 3. The number of hydrogen-bond donors (Lipinski definition) is 3. The number of amides is 2. The Labute approximate surface area is 205 Å². The van der Waals surface area contributed by atoms with Gasteiger partial charge in [-0.15, -0.1) is 10.2 Å². The average molecular weight is 483 g/mol. The minimum Gasteiger partial charge on any atom is -0.366 e. The molecule has 4 N–H and O–H groups in total. The molecule has 8 nitrogen and oxygen atoms in total. The lowest BCUT2D eigenvalue weighted by molar-refractivity contribution is -0.115. The predicted octanol–water partition coefficient (Wildman–Crippen LogP) is 4.63. The van der Waals surface area contributed by atoms with Gasteiger partial charge < -0.3 is 16.0 Å². The highest BCUT2D eigenvalue weighted by Gasteiger charge is 2.23. The Balaban J connectivity index is 1.44. The van der Waals surface area contributed by atoms with Crippen molar-refractivity contribution in [2.24, 2.45) is 5.73 Å². The number of para-hydroxylation sites is 2. The summed E-state index contributed by atoms with van der Waals surface area (Å²) in [5.41, 5.74) is 9.08. The van der Waals surface area contributed by atoms with E-state index in [9.17, 15) is 9.59 Å². The van der Waals surface area contributed by atoms with Crippen molar-refractivity contribution in [2.75, 3.05) is 5.32 Å². The summed E-state index contributed by atoms with van der Waals surface area (Å²) in [6.07, 6.45) is 1.93. The Morgan fingerprint density at radius 1 is 0.971 bits per heavy atom. The van der Waals surface area contributed by atoms with Gasteiger partial charge in [0.15, 0.2) is 11.0 Å². The maximum atomic E-state index is 12.9. The lowest BCUT2D eigenvalue weighted by Crippen LogP contribution is -2.23. The molecule has 2 heterocycles. The molecule has 3 aromatic carbocycles. The molecular formula is C26H22N6O2S. The molecule has 0 radical (unpaired) electrons. The highest BCUT2D eigenvalue weighted by Crippen LogP contribution is 2.33. The SMILES string of the molecule is C[C@@H](Sc1nnc(-c2c[nH]c3ccccc23)n1-c1ccccc1)C(=O)Nc1ccc(C(N)=O)cc1. The van der Waals surface area contributed by atoms with E-state index in [0.717, 1.165) is 22.2 Å². The first-order valence-corrected chi connectivity index (χ1v) is 11.8. The molecule has 35 heavy (non-hydrogen) atoms. The van der Waals surface area contributed by atoms with E-state index < -0.39 is 11.2 Å². The number of H-pyrrole nitrogens is 1. The zero-order valence-corrected chi connectivity index (χ0v) is 19.6. The Hall–Kier alpha value is -4.37. The Morgan fingerprint density at radius 2 is 1.69 bits per heavy atom. The van der Waals surface area contributed by atoms with Crippen molar-refractivity contribution in [2.45, 2.75) is 17.3 Å². The summed E-state index contributed by atoms with van der Waals surface area (Å²) in [5.74, 6) is -0.0260. The molecule has 0 saturated carbocycles. The third kappa shape index (κ3) is 4.53. The first-order valence-electron chi connectivity index (χ1n) is 11.0. The van der Waals surface area contributed by atoms with Crippen LogP contribution in [-0.2, 0) is 4.79 Å². The van der Waals surface area contributed by atoms with Crippen LogP contribution in [0.2, 0.25) is 0 Å². The third-order valence-corrected chi connectivity index (χ3v) is 6.61. The van der Waals surface area contributed by atoms with Gasteiger partial charge in [0.2, 0.25) is 11.8 Å². The topological polar surface area (TPSA) is 119 Å². The molecular weight excluding hydrogens is 460 g/mol. The molecule has 5 rings (SSSR count). The van der Waals surface area contributed by atoms with Gasteiger partial charge in [0, 0.05) is 39.6 Å². The van der Waals surface area contributed by atoms with Gasteiger partial charge in [0.25, 0.3) is 0 Å². The summed E-state index contributed by atoms with van der Waals surface area (Å²) in [6, 6.07) is 24.3. The molecule has 0 saturated heterocycles. The average Bonchev–Trinajstić information content (AvgIpc) is 3.48. The van der Waals surface area contributed by atoms with Crippen molar-refractivity contribution in [1.29, 1.82) is 0 Å². The predicted molar refractivity (Wildman–Crippen MR) is 138 cm³/mol. The maximum Gasteiger partial charge on any atom is 0.248 e. The van der Waals surface area contributed by atoms with E-state index in [4.69, 9.17) is 5.73 Å². The molecule has 5 aromatic rings. The van der Waals surface area contributed by atoms with Crippen LogP contribution in [0.25, 0.3) is 28.0 Å². The molecule has 2 aromatic heterocycles. The number of hydrogen-bond acceptors (Lipinski definition) is 5. The summed E-state index contributed by atoms with van der Waals surface area (Å²) in [4.78, 5) is 27.5. The van der Waals surface area contributed by atoms with Gasteiger partial charge in [-0.2, -0.15) is 0 Å². The number of aromatic amines is 1. The van der Waals surface area contributed by atoms with Gasteiger partial charge in [-0.05, 0) is 49.4 Å². The number of carbonyl (C=O) groups excluding carboxylic acids is 2. The summed E-state index contributed by atoms with van der Waals surface area (Å²) < 4.78 is 1.96. The number of aromatic nitrogens is 4. The van der Waals surface area contributed by atoms with E-state index >= 15 is 0 Å². The molecule has 0 fully saturated rings. The minimum absolute atomic E-state index is 0.196. The number of nitrogens with two attached hydrogens (primary N) is 1. The summed E-state index contributed by atoms with van der Waals surface area (Å²) >= 11 is 1.32. The van der Waals surface area contributed by atoms with Gasteiger partial charge >= 0.3 is 0 Å². The summed E-state index contributed by atoms with van der Waals surface area (Å²) in [6.45, 7) is 1.81. The Kier molecular flexibility index (Phi) is 6.07. The fourth-order valence-electron chi connectivity index (χ4n) is 3.76. The number of primary amides is 1. The summed E-state index contributed by atoms with van der Waals surface area (Å²) in [5, 5.41) is 13.0. The zero-order valence-electron chi connectivity index (χ0n) is 18.8. The number of nitrogens with one attached hydrogen (secondary N) is 2. The second-order valence-corrected chi connectivity index (χ2v) is 9.22. The van der Waals surface area contributed by atoms with E-state index in [0.29, 0.717) is 22.2 Å². The molecule has 0 aliphatic carbocycles. The van der Waals surface area contributed by atoms with Gasteiger partial charge in [0.05, 0.1) is 5.25 Å². The molecule has 0 unspecified atom stereocenters. The summed E-state index contributed by atoms with van der Waals surface area (Å²) in [7, 11) is 0. The fourth-order valence-corrected chi connectivity index (χ4v) is 4.63. The van der Waals surface area contributed by atoms with E-state index in [1.165, 1.54) is 11.8 Å². The van der Waals surface area contributed by atoms with Crippen molar-refractivity contribution in [1.82, 2.24) is 19.7 Å². The monoisotopic (exact) mass is 482 g/mol. The normalized spacial score (nSPS) is 11.9. The van der Waals surface area contributed by atoms with Crippen LogP contribution < -0.4 is 11.1 Å².